The molecule has 0 atom stereocenters. The quantitative estimate of drug-likeness (QED) is 0.742. The second-order valence-corrected chi connectivity index (χ2v) is 5.06. The Hall–Kier alpha value is -0.0500. The highest BCUT2D eigenvalue weighted by atomic mass is 35.5. The van der Waals surface area contributed by atoms with Gasteiger partial charge in [0.2, 0.25) is 0 Å². The maximum atomic E-state index is 10.1. The summed E-state index contributed by atoms with van der Waals surface area (Å²) in [6.07, 6.45) is 4.05. The van der Waals surface area contributed by atoms with E-state index in [0.717, 1.165) is 34.9 Å². The molecule has 1 saturated carbocycles. The first kappa shape index (κ1) is 8.54. The van der Waals surface area contributed by atoms with E-state index in [1.807, 2.05) is 12.1 Å². The summed E-state index contributed by atoms with van der Waals surface area (Å²) in [5.41, 5.74) is -0.558. The minimum absolute atomic E-state index is 0.558. The molecule has 1 aliphatic carbocycles. The van der Waals surface area contributed by atoms with Crippen molar-refractivity contribution in [1.82, 2.24) is 0 Å². The summed E-state index contributed by atoms with van der Waals surface area (Å²) in [7, 11) is 0. The lowest BCUT2D eigenvalue weighted by molar-refractivity contribution is 0.0483. The van der Waals surface area contributed by atoms with E-state index in [2.05, 4.69) is 0 Å². The van der Waals surface area contributed by atoms with Gasteiger partial charge in [0, 0.05) is 4.88 Å². The van der Waals surface area contributed by atoms with Crippen molar-refractivity contribution < 1.29 is 5.11 Å². The van der Waals surface area contributed by atoms with Crippen molar-refractivity contribution in [2.24, 2.45) is 0 Å². The van der Waals surface area contributed by atoms with Gasteiger partial charge in [-0.05, 0) is 25.0 Å². The average molecular weight is 203 g/mol. The molecule has 1 N–H and O–H groups in total. The molecule has 1 heterocycles. The maximum absolute atomic E-state index is 10.1. The molecule has 2 rings (SSSR count). The molecule has 0 radical (unpaired) electrons. The first-order chi connectivity index (χ1) is 5.71. The Morgan fingerprint density at radius 1 is 1.33 bits per heavy atom. The van der Waals surface area contributed by atoms with Crippen LogP contribution in [-0.2, 0) is 5.60 Å². The Morgan fingerprint density at radius 2 is 2.00 bits per heavy atom. The van der Waals surface area contributed by atoms with Gasteiger partial charge >= 0.3 is 0 Å². The molecule has 0 bridgehead atoms. The van der Waals surface area contributed by atoms with Crippen LogP contribution in [0.25, 0.3) is 0 Å². The van der Waals surface area contributed by atoms with E-state index in [1.54, 1.807) is 0 Å². The third-order valence-electron chi connectivity index (χ3n) is 2.46. The van der Waals surface area contributed by atoms with Crippen molar-refractivity contribution in [2.45, 2.75) is 31.3 Å². The molecule has 0 amide bonds. The average Bonchev–Trinajstić information content (AvgIpc) is 2.59. The molecule has 1 aromatic rings. The standard InChI is InChI=1S/C9H11ClOS/c10-8-4-3-7(12-8)9(11)5-1-2-6-9/h3-4,11H,1-2,5-6H2. The number of hydrogen-bond donors (Lipinski definition) is 1. The van der Waals surface area contributed by atoms with Crippen molar-refractivity contribution in [3.8, 4) is 0 Å². The summed E-state index contributed by atoms with van der Waals surface area (Å²) >= 11 is 7.31. The third-order valence-corrected chi connectivity index (χ3v) is 3.89. The predicted octanol–water partition coefficient (Wildman–Crippen LogP) is 3.16. The summed E-state index contributed by atoms with van der Waals surface area (Å²) in [6.45, 7) is 0. The molecular weight excluding hydrogens is 192 g/mol. The van der Waals surface area contributed by atoms with E-state index >= 15 is 0 Å². The molecule has 0 unspecified atom stereocenters. The van der Waals surface area contributed by atoms with Gasteiger partial charge in [0.1, 0.15) is 0 Å². The van der Waals surface area contributed by atoms with Crippen LogP contribution in [0, 0.1) is 0 Å². The highest BCUT2D eigenvalue weighted by molar-refractivity contribution is 7.16. The zero-order valence-electron chi connectivity index (χ0n) is 6.72. The van der Waals surface area contributed by atoms with Crippen molar-refractivity contribution in [3.63, 3.8) is 0 Å². The molecule has 1 aliphatic rings. The number of rotatable bonds is 1. The molecule has 1 fully saturated rings. The van der Waals surface area contributed by atoms with Gasteiger partial charge in [-0.15, -0.1) is 11.3 Å². The fraction of sp³-hybridized carbons (Fsp3) is 0.556. The maximum Gasteiger partial charge on any atom is 0.0988 e. The fourth-order valence-corrected chi connectivity index (χ4v) is 2.96. The molecule has 0 aliphatic heterocycles. The number of aliphatic hydroxyl groups is 1. The summed E-state index contributed by atoms with van der Waals surface area (Å²) in [6, 6.07) is 3.80. The lowest BCUT2D eigenvalue weighted by Crippen LogP contribution is -2.18. The third kappa shape index (κ3) is 1.39. The van der Waals surface area contributed by atoms with Crippen LogP contribution in [0.4, 0.5) is 0 Å². The van der Waals surface area contributed by atoms with Crippen LogP contribution in [0.5, 0.6) is 0 Å². The monoisotopic (exact) mass is 202 g/mol. The molecule has 0 spiro atoms. The molecule has 1 nitrogen and oxygen atoms in total. The van der Waals surface area contributed by atoms with Gasteiger partial charge in [0.05, 0.1) is 9.94 Å². The van der Waals surface area contributed by atoms with Gasteiger partial charge in [0.15, 0.2) is 0 Å². The van der Waals surface area contributed by atoms with Crippen molar-refractivity contribution in [3.05, 3.63) is 21.3 Å². The first-order valence-corrected chi connectivity index (χ1v) is 5.38. The van der Waals surface area contributed by atoms with Gasteiger partial charge in [-0.2, -0.15) is 0 Å². The van der Waals surface area contributed by atoms with E-state index in [1.165, 1.54) is 11.3 Å². The van der Waals surface area contributed by atoms with Crippen molar-refractivity contribution >= 4 is 22.9 Å². The van der Waals surface area contributed by atoms with Gasteiger partial charge < -0.3 is 5.11 Å². The van der Waals surface area contributed by atoms with Gasteiger partial charge in [-0.1, -0.05) is 24.4 Å². The highest BCUT2D eigenvalue weighted by Crippen LogP contribution is 2.42. The zero-order chi connectivity index (χ0) is 8.60. The largest absolute Gasteiger partial charge is 0.384 e. The first-order valence-electron chi connectivity index (χ1n) is 4.19. The number of halogens is 1. The minimum Gasteiger partial charge on any atom is -0.384 e. The van der Waals surface area contributed by atoms with Crippen LogP contribution in [0.2, 0.25) is 4.34 Å². The zero-order valence-corrected chi connectivity index (χ0v) is 8.29. The van der Waals surface area contributed by atoms with E-state index in [0.29, 0.717) is 0 Å². The van der Waals surface area contributed by atoms with Crippen LogP contribution in [0.1, 0.15) is 30.6 Å². The van der Waals surface area contributed by atoms with Crippen molar-refractivity contribution in [1.29, 1.82) is 0 Å². The van der Waals surface area contributed by atoms with Crippen LogP contribution < -0.4 is 0 Å². The molecule has 1 aromatic heterocycles. The second kappa shape index (κ2) is 3.02. The molecule has 12 heavy (non-hydrogen) atoms. The Bertz CT molecular complexity index is 276. The molecule has 0 saturated heterocycles. The second-order valence-electron chi connectivity index (χ2n) is 3.34. The smallest absolute Gasteiger partial charge is 0.0988 e. The fourth-order valence-electron chi connectivity index (χ4n) is 1.77. The molecule has 66 valence electrons. The van der Waals surface area contributed by atoms with E-state index in [4.69, 9.17) is 11.6 Å². The number of thiophene rings is 1. The Morgan fingerprint density at radius 3 is 2.50 bits per heavy atom. The SMILES string of the molecule is OC1(c2ccc(Cl)s2)CCCC1. The van der Waals surface area contributed by atoms with E-state index in [9.17, 15) is 5.11 Å². The van der Waals surface area contributed by atoms with Gasteiger partial charge in [0.25, 0.3) is 0 Å². The normalized spacial score (nSPS) is 21.5. The molecule has 0 aromatic carbocycles. The topological polar surface area (TPSA) is 20.2 Å². The van der Waals surface area contributed by atoms with E-state index < -0.39 is 5.60 Å². The Balaban J connectivity index is 2.28. The van der Waals surface area contributed by atoms with Crippen LogP contribution in [0.15, 0.2) is 12.1 Å². The minimum atomic E-state index is -0.558. The van der Waals surface area contributed by atoms with E-state index in [-0.39, 0.29) is 0 Å². The molecule has 3 heteroatoms. The Kier molecular flexibility index (Phi) is 2.15. The summed E-state index contributed by atoms with van der Waals surface area (Å²) in [5, 5.41) is 10.1. The van der Waals surface area contributed by atoms with Crippen molar-refractivity contribution in [2.75, 3.05) is 0 Å². The summed E-state index contributed by atoms with van der Waals surface area (Å²) in [4.78, 5) is 1.03. The van der Waals surface area contributed by atoms with Crippen LogP contribution in [0.3, 0.4) is 0 Å². The highest BCUT2D eigenvalue weighted by Gasteiger charge is 2.34. The number of hydrogen-bond acceptors (Lipinski definition) is 2. The summed E-state index contributed by atoms with van der Waals surface area (Å²) < 4.78 is 0.769. The van der Waals surface area contributed by atoms with Crippen LogP contribution >= 0.6 is 22.9 Å². The predicted molar refractivity (Wildman–Crippen MR) is 51.7 cm³/mol. The molecular formula is C9H11ClOS. The van der Waals surface area contributed by atoms with Crippen LogP contribution in [-0.4, -0.2) is 5.11 Å². The van der Waals surface area contributed by atoms with Gasteiger partial charge in [-0.3, -0.25) is 0 Å². The lowest BCUT2D eigenvalue weighted by Gasteiger charge is -2.19. The lowest BCUT2D eigenvalue weighted by atomic mass is 10.0. The van der Waals surface area contributed by atoms with Gasteiger partial charge in [-0.25, -0.2) is 0 Å². The Labute approximate surface area is 81.0 Å². The summed E-state index contributed by atoms with van der Waals surface area (Å²) in [5.74, 6) is 0.